The zero-order valence-electron chi connectivity index (χ0n) is 50.0. The molecule has 19 heteroatoms. The maximum absolute atomic E-state index is 12.9. The number of hydrogen-bond acceptors (Lipinski definition) is 15. The summed E-state index contributed by atoms with van der Waals surface area (Å²) in [5.74, 6) is -0.625. The number of hydrogen-bond donors (Lipinski definition) is 3. The number of carbonyl (C=O) groups is 4. The van der Waals surface area contributed by atoms with Crippen molar-refractivity contribution in [3.8, 4) is 0 Å². The molecule has 0 fully saturated rings. The molecule has 0 saturated carbocycles. The minimum Gasteiger partial charge on any atom is -0.462 e. The number of esters is 4. The summed E-state index contributed by atoms with van der Waals surface area (Å²) < 4.78 is 67.5. The van der Waals surface area contributed by atoms with Crippen LogP contribution >= 0.6 is 15.6 Å². The highest BCUT2D eigenvalue weighted by Gasteiger charge is 2.30. The first-order valence-corrected chi connectivity index (χ1v) is 34.0. The summed E-state index contributed by atoms with van der Waals surface area (Å²) >= 11 is 0. The number of phosphoric ester groups is 2. The smallest absolute Gasteiger partial charge is 0.462 e. The predicted octanol–water partition coefficient (Wildman–Crippen LogP) is 15.7. The summed E-state index contributed by atoms with van der Waals surface area (Å²) in [7, 11) is -9.87. The number of aliphatic hydroxyl groups excluding tert-OH is 1. The lowest BCUT2D eigenvalue weighted by Gasteiger charge is -2.21. The van der Waals surface area contributed by atoms with Gasteiger partial charge in [0, 0.05) is 25.7 Å². The van der Waals surface area contributed by atoms with Crippen LogP contribution in [0, 0.1) is 11.8 Å². The Kier molecular flexibility index (Phi) is 50.6. The van der Waals surface area contributed by atoms with Gasteiger partial charge in [-0.25, -0.2) is 9.13 Å². The summed E-state index contributed by atoms with van der Waals surface area (Å²) in [5.41, 5.74) is 0. The fourth-order valence-electron chi connectivity index (χ4n) is 8.61. The second-order valence-corrected chi connectivity index (χ2v) is 25.0. The molecule has 0 aromatic carbocycles. The zero-order chi connectivity index (χ0) is 58.0. The molecule has 0 saturated heterocycles. The molecule has 462 valence electrons. The van der Waals surface area contributed by atoms with Crippen LogP contribution in [0.3, 0.4) is 0 Å². The van der Waals surface area contributed by atoms with Gasteiger partial charge in [0.05, 0.1) is 26.4 Å². The lowest BCUT2D eigenvalue weighted by molar-refractivity contribution is -0.161. The van der Waals surface area contributed by atoms with Gasteiger partial charge in [-0.15, -0.1) is 0 Å². The van der Waals surface area contributed by atoms with E-state index >= 15 is 0 Å². The third-order valence-corrected chi connectivity index (χ3v) is 15.7. The van der Waals surface area contributed by atoms with Crippen molar-refractivity contribution in [3.63, 3.8) is 0 Å². The van der Waals surface area contributed by atoms with E-state index in [1.807, 2.05) is 0 Å². The summed E-state index contributed by atoms with van der Waals surface area (Å²) in [6.07, 6.45) is 32.4. The number of ether oxygens (including phenoxy) is 4. The second-order valence-electron chi connectivity index (χ2n) is 22.1. The van der Waals surface area contributed by atoms with Gasteiger partial charge < -0.3 is 33.8 Å². The molecule has 3 N–H and O–H groups in total. The summed E-state index contributed by atoms with van der Waals surface area (Å²) in [4.78, 5) is 71.7. The van der Waals surface area contributed by atoms with E-state index < -0.39 is 97.5 Å². The van der Waals surface area contributed by atoms with Crippen LogP contribution in [-0.2, 0) is 65.4 Å². The Hall–Kier alpha value is -1.94. The first kappa shape index (κ1) is 76.1. The zero-order valence-corrected chi connectivity index (χ0v) is 51.7. The van der Waals surface area contributed by atoms with Crippen LogP contribution in [-0.4, -0.2) is 96.7 Å². The van der Waals surface area contributed by atoms with Crippen molar-refractivity contribution in [3.05, 3.63) is 0 Å². The van der Waals surface area contributed by atoms with E-state index in [9.17, 15) is 43.2 Å². The van der Waals surface area contributed by atoms with Gasteiger partial charge in [-0.2, -0.15) is 0 Å². The fourth-order valence-corrected chi connectivity index (χ4v) is 10.2. The van der Waals surface area contributed by atoms with E-state index in [-0.39, 0.29) is 25.7 Å². The van der Waals surface area contributed by atoms with Crippen LogP contribution in [0.4, 0.5) is 0 Å². The van der Waals surface area contributed by atoms with Crippen molar-refractivity contribution >= 4 is 39.5 Å². The average molecular weight is 1160 g/mol. The summed E-state index contributed by atoms with van der Waals surface area (Å²) in [5, 5.41) is 10.5. The van der Waals surface area contributed by atoms with E-state index in [1.54, 1.807) is 0 Å². The van der Waals surface area contributed by atoms with Gasteiger partial charge in [0.1, 0.15) is 19.3 Å². The van der Waals surface area contributed by atoms with Gasteiger partial charge >= 0.3 is 39.5 Å². The van der Waals surface area contributed by atoms with Crippen LogP contribution in [0.1, 0.15) is 286 Å². The number of carbonyl (C=O) groups excluding carboxylic acids is 4. The van der Waals surface area contributed by atoms with E-state index in [0.717, 1.165) is 115 Å². The number of phosphoric acid groups is 2. The average Bonchev–Trinajstić information content (AvgIpc) is 3.40. The van der Waals surface area contributed by atoms with Crippen molar-refractivity contribution in [2.75, 3.05) is 39.6 Å². The normalized spacial score (nSPS) is 14.8. The monoisotopic (exact) mass is 1160 g/mol. The molecular formula is C59H114O17P2. The van der Waals surface area contributed by atoms with Gasteiger partial charge in [-0.3, -0.25) is 37.3 Å². The number of aliphatic hydroxyl groups is 1. The highest BCUT2D eigenvalue weighted by Crippen LogP contribution is 2.45. The molecule has 0 spiro atoms. The second kappa shape index (κ2) is 51.9. The molecule has 0 bridgehead atoms. The Labute approximate surface area is 473 Å². The largest absolute Gasteiger partial charge is 0.472 e. The highest BCUT2D eigenvalue weighted by molar-refractivity contribution is 7.47. The molecule has 17 nitrogen and oxygen atoms in total. The van der Waals surface area contributed by atoms with Crippen molar-refractivity contribution in [1.82, 2.24) is 0 Å². The standard InChI is InChI=1S/C59H114O17P2/c1-7-10-12-14-15-24-31-37-43-58(63)75-54(47-69-56(61)41-35-27-13-11-8-2)49-73-77(65,66)71-45-53(60)46-72-78(67,68)74-50-55(48-70-57(62)42-36-30-25-21-20-23-29-34-40-52(6)9-3)76-59(64)44-38-32-26-19-17-16-18-22-28-33-39-51(4)5/h51-55,60H,7-50H2,1-6H3,(H,65,66)(H,67,68)/t52?,53-,54+,55+/m0/s1. The first-order chi connectivity index (χ1) is 37.4. The SMILES string of the molecule is CCCCCCCCCCC(=O)O[C@H](COC(=O)CCCCCCC)COP(=O)(O)OC[C@H](O)COP(=O)(O)OC[C@@H](COC(=O)CCCCCCCCCCC(C)CC)OC(=O)CCCCCCCCCCCCC(C)C. The Morgan fingerprint density at radius 1 is 0.372 bits per heavy atom. The third kappa shape index (κ3) is 52.2. The number of unbranched alkanes of at least 4 members (excludes halogenated alkanes) is 27. The topological polar surface area (TPSA) is 237 Å². The lowest BCUT2D eigenvalue weighted by atomic mass is 9.99. The quantitative estimate of drug-likeness (QED) is 0.0222. The lowest BCUT2D eigenvalue weighted by Crippen LogP contribution is -2.30. The van der Waals surface area contributed by atoms with E-state index in [2.05, 4.69) is 41.5 Å². The van der Waals surface area contributed by atoms with Gasteiger partial charge in [0.15, 0.2) is 12.2 Å². The number of rotatable bonds is 58. The van der Waals surface area contributed by atoms with Gasteiger partial charge in [-0.05, 0) is 37.5 Å². The fraction of sp³-hybridized carbons (Fsp3) is 0.932. The third-order valence-electron chi connectivity index (χ3n) is 13.8. The Morgan fingerprint density at radius 2 is 0.654 bits per heavy atom. The van der Waals surface area contributed by atoms with Crippen molar-refractivity contribution in [2.24, 2.45) is 11.8 Å². The minimum absolute atomic E-state index is 0.104. The Morgan fingerprint density at radius 3 is 0.974 bits per heavy atom. The van der Waals surface area contributed by atoms with Crippen molar-refractivity contribution in [1.29, 1.82) is 0 Å². The molecule has 78 heavy (non-hydrogen) atoms. The molecule has 0 aliphatic rings. The Balaban J connectivity index is 5.19. The molecule has 0 amide bonds. The first-order valence-electron chi connectivity index (χ1n) is 31.0. The minimum atomic E-state index is -4.94. The van der Waals surface area contributed by atoms with E-state index in [1.165, 1.54) is 89.9 Å². The summed E-state index contributed by atoms with van der Waals surface area (Å²) in [6, 6.07) is 0. The van der Waals surface area contributed by atoms with Crippen molar-refractivity contribution < 1.29 is 80.2 Å². The molecule has 0 aliphatic carbocycles. The molecular weight excluding hydrogens is 1040 g/mol. The Bertz CT molecular complexity index is 1550. The van der Waals surface area contributed by atoms with Gasteiger partial charge in [0.2, 0.25) is 0 Å². The molecule has 0 aromatic heterocycles. The molecule has 0 radical (unpaired) electrons. The molecule has 3 unspecified atom stereocenters. The maximum atomic E-state index is 12.9. The van der Waals surface area contributed by atoms with E-state index in [4.69, 9.17) is 37.0 Å². The predicted molar refractivity (Wildman–Crippen MR) is 308 cm³/mol. The molecule has 0 rings (SSSR count). The van der Waals surface area contributed by atoms with Crippen LogP contribution in [0.15, 0.2) is 0 Å². The van der Waals surface area contributed by atoms with Crippen LogP contribution in [0.25, 0.3) is 0 Å². The van der Waals surface area contributed by atoms with Gasteiger partial charge in [-0.1, -0.05) is 234 Å². The highest BCUT2D eigenvalue weighted by atomic mass is 31.2. The van der Waals surface area contributed by atoms with Crippen LogP contribution < -0.4 is 0 Å². The van der Waals surface area contributed by atoms with Gasteiger partial charge in [0.25, 0.3) is 0 Å². The molecule has 0 heterocycles. The molecule has 0 aromatic rings. The molecule has 6 atom stereocenters. The van der Waals surface area contributed by atoms with Crippen LogP contribution in [0.2, 0.25) is 0 Å². The maximum Gasteiger partial charge on any atom is 0.472 e. The molecule has 0 aliphatic heterocycles. The van der Waals surface area contributed by atoms with Crippen LogP contribution in [0.5, 0.6) is 0 Å². The van der Waals surface area contributed by atoms with E-state index in [0.29, 0.717) is 25.7 Å². The van der Waals surface area contributed by atoms with Crippen molar-refractivity contribution in [2.45, 2.75) is 304 Å². The summed E-state index contributed by atoms with van der Waals surface area (Å²) in [6.45, 7) is 9.33.